The molecule has 3 aromatic rings. The summed E-state index contributed by atoms with van der Waals surface area (Å²) in [6.45, 7) is 2.19. The topological polar surface area (TPSA) is 0 Å². The van der Waals surface area contributed by atoms with Gasteiger partial charge < -0.3 is 0 Å². The predicted octanol–water partition coefficient (Wildman–Crippen LogP) is 7.46. The third-order valence-electron chi connectivity index (χ3n) is 7.32. The van der Waals surface area contributed by atoms with E-state index in [4.69, 9.17) is 0 Å². The van der Waals surface area contributed by atoms with E-state index in [0.29, 0.717) is 0 Å². The maximum absolute atomic E-state index is 14.2. The van der Waals surface area contributed by atoms with E-state index in [-0.39, 0.29) is 36.4 Å². The fourth-order valence-corrected chi connectivity index (χ4v) is 24.2. The summed E-state index contributed by atoms with van der Waals surface area (Å²) in [4.78, 5) is 0. The van der Waals surface area contributed by atoms with Crippen LogP contribution >= 0.6 is 24.8 Å². The monoisotopic (exact) mass is 602 g/mol. The molecular weight excluding hydrogens is 577 g/mol. The Labute approximate surface area is 220 Å². The average Bonchev–Trinajstić information content (AvgIpc) is 3.51. The van der Waals surface area contributed by atoms with Crippen molar-refractivity contribution in [2.24, 2.45) is 0 Å². The molecule has 0 saturated carbocycles. The van der Waals surface area contributed by atoms with Crippen LogP contribution in [0.5, 0.6) is 0 Å². The van der Waals surface area contributed by atoms with Crippen LogP contribution in [0.15, 0.2) is 110 Å². The van der Waals surface area contributed by atoms with Crippen LogP contribution in [0.2, 0.25) is 4.63 Å². The summed E-state index contributed by atoms with van der Waals surface area (Å²) in [6, 6.07) is 24.7. The van der Waals surface area contributed by atoms with Gasteiger partial charge in [0.15, 0.2) is 0 Å². The van der Waals surface area contributed by atoms with Gasteiger partial charge >= 0.3 is 197 Å². The Morgan fingerprint density at radius 3 is 1.54 bits per heavy atom. The van der Waals surface area contributed by atoms with Gasteiger partial charge in [0.25, 0.3) is 0 Å². The molecule has 0 fully saturated rings. The third-order valence-corrected chi connectivity index (χ3v) is 29.8. The predicted molar refractivity (Wildman–Crippen MR) is 149 cm³/mol. The molecule has 0 spiro atoms. The molecule has 0 aliphatic heterocycles. The Balaban J connectivity index is 0.00000171. The van der Waals surface area contributed by atoms with Crippen LogP contribution < -0.4 is 3.27 Å². The summed E-state index contributed by atoms with van der Waals surface area (Å²) in [5.41, 5.74) is 4.17. The average molecular weight is 605 g/mol. The van der Waals surface area contributed by atoms with Crippen LogP contribution in [-0.4, -0.2) is 6.88 Å². The van der Waals surface area contributed by atoms with Crippen LogP contribution in [-0.2, 0) is 17.4 Å². The van der Waals surface area contributed by atoms with Crippen LogP contribution in [0.3, 0.4) is 0 Å². The van der Waals surface area contributed by atoms with E-state index in [0.717, 1.165) is 35.1 Å². The minimum absolute atomic E-state index is 0. The minimum atomic E-state index is -4.09. The van der Waals surface area contributed by atoms with Crippen LogP contribution in [0.4, 0.5) is 8.78 Å². The molecule has 2 aliphatic rings. The number of allylic oxidation sites excluding steroid dienone is 8. The summed E-state index contributed by atoms with van der Waals surface area (Å²) in [7, 11) is 0. The van der Waals surface area contributed by atoms with Crippen molar-refractivity contribution in [1.29, 1.82) is 0 Å². The van der Waals surface area contributed by atoms with Gasteiger partial charge in [-0.3, -0.25) is 0 Å². The van der Waals surface area contributed by atoms with Gasteiger partial charge in [0, 0.05) is 0 Å². The van der Waals surface area contributed by atoms with Gasteiger partial charge in [-0.2, -0.15) is 0 Å². The molecule has 35 heavy (non-hydrogen) atoms. The Bertz CT molecular complexity index is 1370. The maximum atomic E-state index is 14.2. The number of halogens is 4. The number of hydrogen-bond acceptors (Lipinski definition) is 0. The van der Waals surface area contributed by atoms with Crippen molar-refractivity contribution in [1.82, 2.24) is 0 Å². The van der Waals surface area contributed by atoms with E-state index in [2.05, 4.69) is 66.1 Å². The van der Waals surface area contributed by atoms with Crippen molar-refractivity contribution >= 4 is 46.1 Å². The SMILES string of the molecule is Cl.Cl.[CH3][Zr](=[SiH2])([C]1=C(c2cccc(F)c2)C=CC1)([C]1=C(c2cccc(F)c2)C=CC1)[c]1ccccc1. The zero-order valence-corrected chi connectivity index (χ0v) is 25.0. The first-order valence-corrected chi connectivity index (χ1v) is 23.4. The summed E-state index contributed by atoms with van der Waals surface area (Å²) >= 11 is -4.09. The number of hydrogen-bond donors (Lipinski definition) is 0. The zero-order chi connectivity index (χ0) is 23.1. The van der Waals surface area contributed by atoms with Crippen LogP contribution in [0.25, 0.3) is 11.1 Å². The van der Waals surface area contributed by atoms with Gasteiger partial charge in [-0.25, -0.2) is 0 Å². The summed E-state index contributed by atoms with van der Waals surface area (Å²) in [6.07, 6.45) is 10.5. The first-order chi connectivity index (χ1) is 15.9. The van der Waals surface area contributed by atoms with Crippen molar-refractivity contribution in [2.45, 2.75) is 17.5 Å². The Kier molecular flexibility index (Phi) is 8.44. The van der Waals surface area contributed by atoms with E-state index in [1.807, 2.05) is 12.1 Å². The van der Waals surface area contributed by atoms with Crippen LogP contribution in [0, 0.1) is 11.6 Å². The van der Waals surface area contributed by atoms with Gasteiger partial charge in [-0.15, -0.1) is 24.8 Å². The van der Waals surface area contributed by atoms with E-state index < -0.39 is 17.4 Å². The normalized spacial score (nSPS) is 15.3. The Morgan fingerprint density at radius 2 is 1.11 bits per heavy atom. The van der Waals surface area contributed by atoms with Gasteiger partial charge in [-0.1, -0.05) is 0 Å². The van der Waals surface area contributed by atoms with Crippen molar-refractivity contribution in [3.63, 3.8) is 0 Å². The van der Waals surface area contributed by atoms with Gasteiger partial charge in [0.2, 0.25) is 0 Å². The summed E-state index contributed by atoms with van der Waals surface area (Å²) in [5, 5.41) is 0. The van der Waals surface area contributed by atoms with Gasteiger partial charge in [0.1, 0.15) is 0 Å². The van der Waals surface area contributed by atoms with E-state index in [1.165, 1.54) is 22.0 Å². The molecular formula is C29H28Cl2F2SiZr. The molecule has 0 atom stereocenters. The molecule has 5 rings (SSSR count). The molecule has 0 aromatic heterocycles. The van der Waals surface area contributed by atoms with E-state index in [1.54, 1.807) is 24.3 Å². The molecule has 180 valence electrons. The molecule has 0 N–H and O–H groups in total. The standard InChI is InChI=1S/2C11H8F.C6H5.CH3.2ClH.H2Si.Zr/c2*12-11-7-3-6-10(8-11)9-4-1-2-5-9;1-2-4-6-5-3-1;;;;;/h2*1,3-4,6-8H,2H2;1-5H;1H3;2*1H;1H2;. The van der Waals surface area contributed by atoms with Gasteiger partial charge in [-0.05, 0) is 0 Å². The van der Waals surface area contributed by atoms with Gasteiger partial charge in [0.05, 0.1) is 0 Å². The second kappa shape index (κ2) is 10.6. The third kappa shape index (κ3) is 4.79. The first kappa shape index (κ1) is 27.7. The molecule has 0 saturated heterocycles. The second-order valence-corrected chi connectivity index (χ2v) is 34.1. The zero-order valence-electron chi connectivity index (χ0n) is 19.5. The molecule has 0 heterocycles. The molecule has 0 nitrogen and oxygen atoms in total. The van der Waals surface area contributed by atoms with Crippen molar-refractivity contribution in [3.05, 3.63) is 132 Å². The number of benzene rings is 3. The fourth-order valence-electron chi connectivity index (χ4n) is 5.56. The quantitative estimate of drug-likeness (QED) is 0.265. The molecule has 0 unspecified atom stereocenters. The molecule has 2 aliphatic carbocycles. The molecule has 3 aromatic carbocycles. The Morgan fingerprint density at radius 1 is 0.657 bits per heavy atom. The second-order valence-electron chi connectivity index (χ2n) is 9.39. The molecule has 0 amide bonds. The summed E-state index contributed by atoms with van der Waals surface area (Å²) in [5.74, 6) is -0.433. The van der Waals surface area contributed by atoms with Crippen molar-refractivity contribution in [2.75, 3.05) is 0 Å². The van der Waals surface area contributed by atoms with E-state index >= 15 is 0 Å². The molecule has 0 radical (unpaired) electrons. The molecule has 6 heteroatoms. The number of rotatable bonds is 5. The van der Waals surface area contributed by atoms with Crippen molar-refractivity contribution in [3.8, 4) is 0 Å². The summed E-state index contributed by atoms with van der Waals surface area (Å²) < 4.78 is 35.2. The molecule has 0 bridgehead atoms. The Hall–Kier alpha value is -1.84. The van der Waals surface area contributed by atoms with Crippen molar-refractivity contribution < 1.29 is 26.2 Å². The van der Waals surface area contributed by atoms with Crippen LogP contribution in [0.1, 0.15) is 24.0 Å². The fraction of sp³-hybridized carbons (Fsp3) is 0.103. The van der Waals surface area contributed by atoms with E-state index in [9.17, 15) is 8.78 Å². The first-order valence-electron chi connectivity index (χ1n) is 11.3.